The summed E-state index contributed by atoms with van der Waals surface area (Å²) in [5.41, 5.74) is 0. The summed E-state index contributed by atoms with van der Waals surface area (Å²) in [6.07, 6.45) is 11.0. The summed E-state index contributed by atoms with van der Waals surface area (Å²) in [4.78, 5) is 0. The summed E-state index contributed by atoms with van der Waals surface area (Å²) in [5.74, 6) is 0. The first kappa shape index (κ1) is 21.6. The van der Waals surface area contributed by atoms with E-state index in [2.05, 4.69) is 6.58 Å². The molecule has 0 unspecified atom stereocenters. The van der Waals surface area contributed by atoms with E-state index < -0.39 is 24.4 Å². The van der Waals surface area contributed by atoms with Crippen LogP contribution in [0.25, 0.3) is 0 Å². The molecular formula is C19H36O5. The zero-order chi connectivity index (χ0) is 17.6. The number of ether oxygens (including phenoxy) is 2. The van der Waals surface area contributed by atoms with Gasteiger partial charge in [-0.05, 0) is 19.3 Å². The molecule has 0 aromatic rings. The lowest BCUT2D eigenvalue weighted by Gasteiger charge is -2.37. The fourth-order valence-electron chi connectivity index (χ4n) is 3.06. The molecule has 24 heavy (non-hydrogen) atoms. The Morgan fingerprint density at radius 1 is 0.958 bits per heavy atom. The Labute approximate surface area is 146 Å². The monoisotopic (exact) mass is 344 g/mol. The van der Waals surface area contributed by atoms with E-state index in [9.17, 15) is 15.3 Å². The third-order valence-electron chi connectivity index (χ3n) is 4.62. The van der Waals surface area contributed by atoms with E-state index in [1.807, 2.05) is 6.08 Å². The first-order chi connectivity index (χ1) is 11.7. The van der Waals surface area contributed by atoms with Crippen LogP contribution in [0.3, 0.4) is 0 Å². The quantitative estimate of drug-likeness (QED) is 0.333. The minimum absolute atomic E-state index is 0.0415. The fourth-order valence-corrected chi connectivity index (χ4v) is 3.06. The average Bonchev–Trinajstić information content (AvgIpc) is 2.59. The van der Waals surface area contributed by atoms with Gasteiger partial charge in [-0.3, -0.25) is 0 Å². The van der Waals surface area contributed by atoms with E-state index in [1.165, 1.54) is 44.9 Å². The van der Waals surface area contributed by atoms with E-state index >= 15 is 0 Å². The third kappa shape index (κ3) is 8.58. The predicted octanol–water partition coefficient (Wildman–Crippen LogP) is 2.57. The minimum atomic E-state index is -0.989. The van der Waals surface area contributed by atoms with E-state index in [4.69, 9.17) is 9.47 Å². The molecule has 142 valence electrons. The molecule has 5 heteroatoms. The lowest BCUT2D eigenvalue weighted by Crippen LogP contribution is -2.55. The van der Waals surface area contributed by atoms with Crippen LogP contribution in [0.15, 0.2) is 12.7 Å². The Kier molecular flexibility index (Phi) is 12.4. The number of aliphatic hydroxyl groups excluding tert-OH is 3. The molecule has 0 spiro atoms. The normalized spacial score (nSPS) is 27.3. The van der Waals surface area contributed by atoms with Crippen molar-refractivity contribution in [1.29, 1.82) is 0 Å². The molecule has 1 rings (SSSR count). The van der Waals surface area contributed by atoms with Crippen LogP contribution in [0, 0.1) is 0 Å². The zero-order valence-electron chi connectivity index (χ0n) is 14.9. The summed E-state index contributed by atoms with van der Waals surface area (Å²) < 4.78 is 10.9. The van der Waals surface area contributed by atoms with E-state index in [0.29, 0.717) is 6.61 Å². The smallest absolute Gasteiger partial charge is 0.114 e. The molecule has 5 nitrogen and oxygen atoms in total. The highest BCUT2D eigenvalue weighted by Gasteiger charge is 2.39. The molecule has 0 radical (unpaired) electrons. The molecule has 0 aromatic carbocycles. The first-order valence-electron chi connectivity index (χ1n) is 9.51. The Morgan fingerprint density at radius 3 is 2.12 bits per heavy atom. The van der Waals surface area contributed by atoms with Crippen molar-refractivity contribution in [2.24, 2.45) is 0 Å². The lowest BCUT2D eigenvalue weighted by molar-refractivity contribution is -0.211. The highest BCUT2D eigenvalue weighted by molar-refractivity contribution is 4.87. The number of hydrogen-bond acceptors (Lipinski definition) is 5. The maximum absolute atomic E-state index is 9.94. The minimum Gasteiger partial charge on any atom is -0.394 e. The van der Waals surface area contributed by atoms with Crippen molar-refractivity contribution < 1.29 is 24.8 Å². The van der Waals surface area contributed by atoms with E-state index in [0.717, 1.165) is 19.3 Å². The van der Waals surface area contributed by atoms with Gasteiger partial charge in [0.2, 0.25) is 0 Å². The molecule has 1 aliphatic rings. The molecule has 1 saturated heterocycles. The highest BCUT2D eigenvalue weighted by atomic mass is 16.6. The summed E-state index contributed by atoms with van der Waals surface area (Å²) in [6, 6.07) is 0. The Hall–Kier alpha value is -0.460. The van der Waals surface area contributed by atoms with Crippen molar-refractivity contribution in [3.63, 3.8) is 0 Å². The van der Waals surface area contributed by atoms with Gasteiger partial charge in [0.05, 0.1) is 13.2 Å². The summed E-state index contributed by atoms with van der Waals surface area (Å²) in [7, 11) is 0. The van der Waals surface area contributed by atoms with E-state index in [1.54, 1.807) is 0 Å². The summed E-state index contributed by atoms with van der Waals surface area (Å²) in [6.45, 7) is 4.09. The lowest BCUT2D eigenvalue weighted by atomic mass is 10.0. The van der Waals surface area contributed by atoms with Crippen LogP contribution >= 0.6 is 0 Å². The summed E-state index contributed by atoms with van der Waals surface area (Å²) >= 11 is 0. The van der Waals surface area contributed by atoms with Gasteiger partial charge in [0.1, 0.15) is 24.4 Å². The highest BCUT2D eigenvalue weighted by Crippen LogP contribution is 2.19. The molecule has 0 aromatic heterocycles. The first-order valence-corrected chi connectivity index (χ1v) is 9.51. The van der Waals surface area contributed by atoms with Crippen LogP contribution in [0.5, 0.6) is 0 Å². The van der Waals surface area contributed by atoms with Crippen LogP contribution in [-0.4, -0.2) is 59.6 Å². The van der Waals surface area contributed by atoms with Crippen molar-refractivity contribution in [2.75, 3.05) is 19.8 Å². The molecular weight excluding hydrogens is 308 g/mol. The average molecular weight is 344 g/mol. The Morgan fingerprint density at radius 2 is 1.54 bits per heavy atom. The number of unbranched alkanes of at least 4 members (excludes halogenated alkanes) is 9. The summed E-state index contributed by atoms with van der Waals surface area (Å²) in [5, 5.41) is 28.8. The number of aliphatic hydroxyl groups is 3. The van der Waals surface area contributed by atoms with Crippen molar-refractivity contribution in [2.45, 2.75) is 88.6 Å². The third-order valence-corrected chi connectivity index (χ3v) is 4.62. The Balaban J connectivity index is 1.96. The van der Waals surface area contributed by atoms with Gasteiger partial charge in [0.25, 0.3) is 0 Å². The zero-order valence-corrected chi connectivity index (χ0v) is 14.9. The maximum Gasteiger partial charge on any atom is 0.114 e. The van der Waals surface area contributed by atoms with Gasteiger partial charge in [-0.2, -0.15) is 0 Å². The van der Waals surface area contributed by atoms with Crippen LogP contribution in [0.2, 0.25) is 0 Å². The van der Waals surface area contributed by atoms with Crippen LogP contribution in [0.1, 0.15) is 64.2 Å². The molecule has 0 bridgehead atoms. The van der Waals surface area contributed by atoms with Gasteiger partial charge in [0.15, 0.2) is 0 Å². The van der Waals surface area contributed by atoms with Crippen molar-refractivity contribution in [3.05, 3.63) is 12.7 Å². The standard InChI is InChI=1S/C19H36O5/c1-2-3-4-5-6-7-8-9-10-11-12-13-23-19-17(14-20)24-15-16(21)18(19)22/h2,16-22H,1,3-15H2/t16-,17+,18+,19+/m0/s1. The van der Waals surface area contributed by atoms with Crippen LogP contribution in [0.4, 0.5) is 0 Å². The molecule has 1 fully saturated rings. The van der Waals surface area contributed by atoms with Crippen LogP contribution < -0.4 is 0 Å². The van der Waals surface area contributed by atoms with Crippen molar-refractivity contribution in [1.82, 2.24) is 0 Å². The van der Waals surface area contributed by atoms with Gasteiger partial charge in [-0.25, -0.2) is 0 Å². The van der Waals surface area contributed by atoms with E-state index in [-0.39, 0.29) is 13.2 Å². The second-order valence-corrected chi connectivity index (χ2v) is 6.71. The number of rotatable bonds is 14. The molecule has 1 heterocycles. The van der Waals surface area contributed by atoms with Crippen molar-refractivity contribution in [3.8, 4) is 0 Å². The van der Waals surface area contributed by atoms with Gasteiger partial charge in [0, 0.05) is 6.61 Å². The molecule has 0 amide bonds. The molecule has 0 saturated carbocycles. The van der Waals surface area contributed by atoms with Gasteiger partial charge in [-0.1, -0.05) is 51.0 Å². The topological polar surface area (TPSA) is 79.2 Å². The van der Waals surface area contributed by atoms with Gasteiger partial charge in [-0.15, -0.1) is 6.58 Å². The second kappa shape index (κ2) is 13.8. The SMILES string of the molecule is C=CCCCCCCCCCCCO[C@H]1[C@H](O)[C@@H](O)CO[C@@H]1CO. The van der Waals surface area contributed by atoms with Crippen LogP contribution in [-0.2, 0) is 9.47 Å². The largest absolute Gasteiger partial charge is 0.394 e. The maximum atomic E-state index is 9.94. The van der Waals surface area contributed by atoms with Gasteiger partial charge < -0.3 is 24.8 Å². The molecule has 4 atom stereocenters. The second-order valence-electron chi connectivity index (χ2n) is 6.71. The van der Waals surface area contributed by atoms with Crippen molar-refractivity contribution >= 4 is 0 Å². The van der Waals surface area contributed by atoms with Gasteiger partial charge >= 0.3 is 0 Å². The Bertz CT molecular complexity index is 308. The number of allylic oxidation sites excluding steroid dienone is 1. The molecule has 3 N–H and O–H groups in total. The fraction of sp³-hybridized carbons (Fsp3) is 0.895. The molecule has 0 aliphatic carbocycles. The molecule has 1 aliphatic heterocycles. The predicted molar refractivity (Wildman–Crippen MR) is 94.9 cm³/mol. The number of hydrogen-bond donors (Lipinski definition) is 3.